The minimum absolute atomic E-state index is 0.0621. The summed E-state index contributed by atoms with van der Waals surface area (Å²) in [4.78, 5) is 4.03. The Kier molecular flexibility index (Phi) is 5.42. The van der Waals surface area contributed by atoms with Gasteiger partial charge in [-0.1, -0.05) is 36.4 Å². The molecule has 0 bridgehead atoms. The Morgan fingerprint density at radius 1 is 0.875 bits per heavy atom. The highest BCUT2D eigenvalue weighted by Gasteiger charge is 2.33. The maximum atomic E-state index is 13.4. The zero-order chi connectivity index (χ0) is 23.1. The van der Waals surface area contributed by atoms with Crippen molar-refractivity contribution in [2.45, 2.75) is 11.1 Å². The average molecular weight is 457 g/mol. The third-order valence-electron chi connectivity index (χ3n) is 5.15. The molecule has 0 aliphatic carbocycles. The zero-order valence-corrected chi connectivity index (χ0v) is 18.0. The number of rotatable bonds is 4. The van der Waals surface area contributed by atoms with Gasteiger partial charge in [0.15, 0.2) is 9.84 Å². The second-order valence-electron chi connectivity index (χ2n) is 7.28. The summed E-state index contributed by atoms with van der Waals surface area (Å²) in [5.41, 5.74) is 1.73. The molecule has 1 aromatic heterocycles. The van der Waals surface area contributed by atoms with E-state index >= 15 is 0 Å². The Labute approximate surface area is 183 Å². The third-order valence-corrected chi connectivity index (χ3v) is 6.26. The monoisotopic (exact) mass is 457 g/mol. The molecule has 3 aromatic carbocycles. The molecule has 0 saturated carbocycles. The largest absolute Gasteiger partial charge is 0.495 e. The predicted octanol–water partition coefficient (Wildman–Crippen LogP) is 6.00. The molecule has 4 nitrogen and oxygen atoms in total. The predicted molar refractivity (Wildman–Crippen MR) is 117 cm³/mol. The Balaban J connectivity index is 1.88. The number of benzene rings is 3. The average Bonchev–Trinajstić information content (AvgIpc) is 2.76. The van der Waals surface area contributed by atoms with Crippen LogP contribution in [0.5, 0.6) is 5.75 Å². The molecular formula is C24H18F3NO3S. The van der Waals surface area contributed by atoms with Crippen molar-refractivity contribution in [2.24, 2.45) is 0 Å². The van der Waals surface area contributed by atoms with Gasteiger partial charge in [0.1, 0.15) is 10.6 Å². The first kappa shape index (κ1) is 21.8. The topological polar surface area (TPSA) is 56.3 Å². The van der Waals surface area contributed by atoms with Gasteiger partial charge in [0.05, 0.1) is 18.2 Å². The molecule has 0 aliphatic rings. The molecule has 0 spiro atoms. The molecular weight excluding hydrogens is 439 g/mol. The van der Waals surface area contributed by atoms with E-state index in [0.29, 0.717) is 27.6 Å². The summed E-state index contributed by atoms with van der Waals surface area (Å²) in [5, 5.41) is 0.381. The lowest BCUT2D eigenvalue weighted by atomic mass is 9.96. The quantitative estimate of drug-likeness (QED) is 0.377. The van der Waals surface area contributed by atoms with Gasteiger partial charge in [-0.2, -0.15) is 13.2 Å². The van der Waals surface area contributed by atoms with Crippen LogP contribution in [0.3, 0.4) is 0 Å². The molecule has 0 atom stereocenters. The molecule has 1 heterocycles. The van der Waals surface area contributed by atoms with Gasteiger partial charge >= 0.3 is 6.18 Å². The fourth-order valence-corrected chi connectivity index (χ4v) is 4.53. The molecule has 0 N–H and O–H groups in total. The van der Waals surface area contributed by atoms with Crippen molar-refractivity contribution in [3.05, 3.63) is 78.5 Å². The lowest BCUT2D eigenvalue weighted by Gasteiger charge is -2.13. The van der Waals surface area contributed by atoms with Crippen LogP contribution in [0.4, 0.5) is 13.2 Å². The minimum Gasteiger partial charge on any atom is -0.495 e. The van der Waals surface area contributed by atoms with Gasteiger partial charge in [0.2, 0.25) is 0 Å². The zero-order valence-electron chi connectivity index (χ0n) is 17.1. The summed E-state index contributed by atoms with van der Waals surface area (Å²) in [7, 11) is -2.13. The van der Waals surface area contributed by atoms with Gasteiger partial charge in [-0.15, -0.1) is 0 Å². The van der Waals surface area contributed by atoms with Crippen molar-refractivity contribution in [3.8, 4) is 28.0 Å². The summed E-state index contributed by atoms with van der Waals surface area (Å²) in [6.07, 6.45) is -2.06. The maximum Gasteiger partial charge on any atom is 0.418 e. The van der Waals surface area contributed by atoms with Crippen LogP contribution in [0.1, 0.15) is 5.56 Å². The van der Waals surface area contributed by atoms with Gasteiger partial charge in [0.25, 0.3) is 0 Å². The number of para-hydroxylation sites is 1. The molecule has 0 aliphatic heterocycles. The van der Waals surface area contributed by atoms with Crippen LogP contribution < -0.4 is 4.74 Å². The molecule has 4 aromatic rings. The van der Waals surface area contributed by atoms with Crippen LogP contribution in [0, 0.1) is 0 Å². The van der Waals surface area contributed by atoms with E-state index in [-0.39, 0.29) is 16.2 Å². The molecule has 0 radical (unpaired) electrons. The number of pyridine rings is 1. The lowest BCUT2D eigenvalue weighted by Crippen LogP contribution is -2.06. The smallest absolute Gasteiger partial charge is 0.418 e. The second-order valence-corrected chi connectivity index (χ2v) is 9.26. The molecule has 0 unspecified atom stereocenters. The van der Waals surface area contributed by atoms with E-state index in [1.165, 1.54) is 25.4 Å². The first-order valence-electron chi connectivity index (χ1n) is 9.53. The number of hydrogen-bond donors (Lipinski definition) is 0. The van der Waals surface area contributed by atoms with Crippen LogP contribution in [0.25, 0.3) is 33.2 Å². The third kappa shape index (κ3) is 4.05. The summed E-state index contributed by atoms with van der Waals surface area (Å²) in [6, 6.07) is 17.7. The normalized spacial score (nSPS) is 12.2. The summed E-state index contributed by atoms with van der Waals surface area (Å²) in [5.74, 6) is 0.243. The van der Waals surface area contributed by atoms with Gasteiger partial charge in [-0.3, -0.25) is 4.98 Å². The number of aromatic nitrogens is 1. The number of alkyl halides is 3. The highest BCUT2D eigenvalue weighted by atomic mass is 32.2. The number of sulfone groups is 1. The molecule has 0 amide bonds. The highest BCUT2D eigenvalue weighted by Crippen LogP contribution is 2.38. The number of ether oxygens (including phenoxy) is 1. The maximum absolute atomic E-state index is 13.4. The van der Waals surface area contributed by atoms with Crippen molar-refractivity contribution in [1.29, 1.82) is 0 Å². The Morgan fingerprint density at radius 2 is 1.56 bits per heavy atom. The second kappa shape index (κ2) is 7.94. The van der Waals surface area contributed by atoms with E-state index in [2.05, 4.69) is 4.98 Å². The van der Waals surface area contributed by atoms with Gasteiger partial charge < -0.3 is 4.74 Å². The van der Waals surface area contributed by atoms with E-state index in [1.54, 1.807) is 36.4 Å². The lowest BCUT2D eigenvalue weighted by molar-refractivity contribution is -0.136. The van der Waals surface area contributed by atoms with Crippen molar-refractivity contribution >= 4 is 20.7 Å². The summed E-state index contributed by atoms with van der Waals surface area (Å²) >= 11 is 0. The number of methoxy groups -OCH3 is 1. The first-order chi connectivity index (χ1) is 15.1. The molecule has 164 valence electrons. The van der Waals surface area contributed by atoms with Gasteiger partial charge in [-0.25, -0.2) is 8.42 Å². The Morgan fingerprint density at radius 3 is 2.25 bits per heavy atom. The number of hydrogen-bond acceptors (Lipinski definition) is 4. The molecule has 0 saturated heterocycles. The van der Waals surface area contributed by atoms with Crippen LogP contribution in [0.15, 0.2) is 77.8 Å². The number of fused-ring (bicyclic) bond motifs is 1. The van der Waals surface area contributed by atoms with E-state index in [4.69, 9.17) is 4.74 Å². The van der Waals surface area contributed by atoms with Crippen molar-refractivity contribution < 1.29 is 26.3 Å². The van der Waals surface area contributed by atoms with E-state index in [9.17, 15) is 21.6 Å². The first-order valence-corrected chi connectivity index (χ1v) is 11.4. The fourth-order valence-electron chi connectivity index (χ4n) is 3.67. The molecule has 8 heteroatoms. The molecule has 4 rings (SSSR count). The molecule has 32 heavy (non-hydrogen) atoms. The van der Waals surface area contributed by atoms with E-state index < -0.39 is 21.6 Å². The number of halogens is 3. The Bertz CT molecular complexity index is 1430. The number of nitrogens with zero attached hydrogens (tertiary/aromatic N) is 1. The van der Waals surface area contributed by atoms with Crippen LogP contribution >= 0.6 is 0 Å². The minimum atomic E-state index is -4.52. The van der Waals surface area contributed by atoms with Crippen molar-refractivity contribution in [3.63, 3.8) is 0 Å². The highest BCUT2D eigenvalue weighted by molar-refractivity contribution is 7.90. The van der Waals surface area contributed by atoms with E-state index in [1.807, 2.05) is 12.1 Å². The van der Waals surface area contributed by atoms with Crippen LogP contribution in [-0.4, -0.2) is 26.8 Å². The van der Waals surface area contributed by atoms with E-state index in [0.717, 1.165) is 12.3 Å². The van der Waals surface area contributed by atoms with Crippen LogP contribution in [-0.2, 0) is 16.0 Å². The van der Waals surface area contributed by atoms with Gasteiger partial charge in [0, 0.05) is 17.8 Å². The SMILES string of the molecule is COc1ccc(-c2cccc(-c3ccnc4c(C(F)(F)F)cccc34)c2)cc1S(C)(=O)=O. The van der Waals surface area contributed by atoms with Crippen LogP contribution in [0.2, 0.25) is 0 Å². The fraction of sp³-hybridized carbons (Fsp3) is 0.125. The standard InChI is InChI=1S/C24H18F3NO3S/c1-31-21-10-9-16(14-22(21)32(2,29)30)15-5-3-6-17(13-15)18-11-12-28-23-19(18)7-4-8-20(23)24(25,26)27/h3-14H,1-2H3. The van der Waals surface area contributed by atoms with Gasteiger partial charge in [-0.05, 0) is 52.6 Å². The Hall–Kier alpha value is -3.39. The molecule has 0 fully saturated rings. The van der Waals surface area contributed by atoms with Crippen molar-refractivity contribution in [1.82, 2.24) is 4.98 Å². The van der Waals surface area contributed by atoms with Crippen molar-refractivity contribution in [2.75, 3.05) is 13.4 Å². The summed E-state index contributed by atoms with van der Waals surface area (Å²) in [6.45, 7) is 0. The summed E-state index contributed by atoms with van der Waals surface area (Å²) < 4.78 is 69.8.